The Bertz CT molecular complexity index is 656. The summed E-state index contributed by atoms with van der Waals surface area (Å²) in [7, 11) is 1.58. The Hall–Kier alpha value is -2.20. The summed E-state index contributed by atoms with van der Waals surface area (Å²) in [6, 6.07) is 10.8. The highest BCUT2D eigenvalue weighted by molar-refractivity contribution is 6.31. The average molecular weight is 290 g/mol. The topological polar surface area (TPSA) is 67.2 Å². The van der Waals surface area contributed by atoms with Crippen molar-refractivity contribution in [2.45, 2.75) is 6.92 Å². The van der Waals surface area contributed by atoms with Crippen LogP contribution in [0.1, 0.15) is 15.9 Å². The minimum absolute atomic E-state index is 0.165. The Labute approximate surface area is 122 Å². The third-order valence-corrected chi connectivity index (χ3v) is 3.49. The molecule has 0 heterocycles. The zero-order chi connectivity index (χ0) is 14.7. The fourth-order valence-corrected chi connectivity index (χ4v) is 2.02. The molecule has 0 saturated heterocycles. The molecule has 0 aliphatic carbocycles. The molecule has 0 atom stereocenters. The van der Waals surface area contributed by atoms with Gasteiger partial charge in [0.25, 0.3) is 5.91 Å². The number of halogens is 1. The minimum atomic E-state index is -0.165. The van der Waals surface area contributed by atoms with Gasteiger partial charge in [-0.2, -0.15) is 0 Å². The molecule has 0 radical (unpaired) electrons. The van der Waals surface area contributed by atoms with Gasteiger partial charge in [0.1, 0.15) is 0 Å². The summed E-state index contributed by atoms with van der Waals surface area (Å²) in [5.74, 6) is -0.165. The van der Waals surface area contributed by atoms with Crippen LogP contribution in [0.4, 0.5) is 17.1 Å². The van der Waals surface area contributed by atoms with E-state index in [0.29, 0.717) is 16.3 Å². The summed E-state index contributed by atoms with van der Waals surface area (Å²) in [5.41, 5.74) is 9.58. The Morgan fingerprint density at radius 1 is 1.20 bits per heavy atom. The van der Waals surface area contributed by atoms with Gasteiger partial charge in [-0.1, -0.05) is 17.7 Å². The van der Waals surface area contributed by atoms with E-state index in [4.69, 9.17) is 17.3 Å². The van der Waals surface area contributed by atoms with E-state index in [1.165, 1.54) is 0 Å². The largest absolute Gasteiger partial charge is 0.397 e. The number of carbonyl (C=O) groups excluding carboxylic acids is 1. The van der Waals surface area contributed by atoms with Gasteiger partial charge in [-0.25, -0.2) is 0 Å². The molecule has 20 heavy (non-hydrogen) atoms. The second kappa shape index (κ2) is 5.84. The molecule has 104 valence electrons. The molecule has 4 nitrogen and oxygen atoms in total. The maximum absolute atomic E-state index is 11.5. The molecule has 0 bridgehead atoms. The van der Waals surface area contributed by atoms with Crippen molar-refractivity contribution in [1.82, 2.24) is 5.32 Å². The number of nitrogen functional groups attached to an aromatic ring is 1. The number of hydrogen-bond donors (Lipinski definition) is 3. The van der Waals surface area contributed by atoms with Crippen molar-refractivity contribution in [1.29, 1.82) is 0 Å². The first-order chi connectivity index (χ1) is 9.52. The second-order valence-electron chi connectivity index (χ2n) is 4.42. The minimum Gasteiger partial charge on any atom is -0.397 e. The van der Waals surface area contributed by atoms with Gasteiger partial charge in [0, 0.05) is 23.3 Å². The first-order valence-electron chi connectivity index (χ1n) is 6.16. The van der Waals surface area contributed by atoms with Gasteiger partial charge in [0.2, 0.25) is 0 Å². The zero-order valence-corrected chi connectivity index (χ0v) is 12.1. The van der Waals surface area contributed by atoms with Crippen LogP contribution < -0.4 is 16.4 Å². The molecule has 2 rings (SSSR count). The first-order valence-corrected chi connectivity index (χ1v) is 6.54. The molecule has 4 N–H and O–H groups in total. The number of nitrogens with one attached hydrogen (secondary N) is 2. The molecule has 0 aliphatic heterocycles. The molecule has 0 fully saturated rings. The highest BCUT2D eigenvalue weighted by atomic mass is 35.5. The van der Waals surface area contributed by atoms with Crippen LogP contribution in [-0.4, -0.2) is 13.0 Å². The van der Waals surface area contributed by atoms with E-state index in [1.54, 1.807) is 25.2 Å². The van der Waals surface area contributed by atoms with Crippen LogP contribution in [0.2, 0.25) is 5.02 Å². The van der Waals surface area contributed by atoms with Crippen LogP contribution in [0.15, 0.2) is 36.4 Å². The van der Waals surface area contributed by atoms with Gasteiger partial charge in [0.15, 0.2) is 0 Å². The van der Waals surface area contributed by atoms with Gasteiger partial charge in [0.05, 0.1) is 11.4 Å². The van der Waals surface area contributed by atoms with Gasteiger partial charge >= 0.3 is 0 Å². The monoisotopic (exact) mass is 289 g/mol. The normalized spacial score (nSPS) is 10.2. The third-order valence-electron chi connectivity index (χ3n) is 3.08. The summed E-state index contributed by atoms with van der Waals surface area (Å²) in [6.07, 6.45) is 0. The fraction of sp³-hybridized carbons (Fsp3) is 0.133. The summed E-state index contributed by atoms with van der Waals surface area (Å²) in [5, 5.41) is 6.48. The van der Waals surface area contributed by atoms with E-state index < -0.39 is 0 Å². The lowest BCUT2D eigenvalue weighted by Crippen LogP contribution is -2.18. The molecule has 2 aromatic rings. The highest BCUT2D eigenvalue weighted by Gasteiger charge is 2.08. The average Bonchev–Trinajstić information content (AvgIpc) is 2.45. The standard InChI is InChI=1S/C15H16ClN3O/c1-9-11(16)4-3-5-13(9)19-14-7-6-10(8-12(14)17)15(20)18-2/h3-8,19H,17H2,1-2H3,(H,18,20). The number of carbonyl (C=O) groups is 1. The quantitative estimate of drug-likeness (QED) is 0.759. The summed E-state index contributed by atoms with van der Waals surface area (Å²) in [6.45, 7) is 1.93. The van der Waals surface area contributed by atoms with Crippen molar-refractivity contribution >= 4 is 34.6 Å². The summed E-state index contributed by atoms with van der Waals surface area (Å²) in [4.78, 5) is 11.5. The van der Waals surface area contributed by atoms with Crippen LogP contribution in [0.3, 0.4) is 0 Å². The van der Waals surface area contributed by atoms with Gasteiger partial charge in [-0.3, -0.25) is 4.79 Å². The Balaban J connectivity index is 2.30. The molecule has 0 unspecified atom stereocenters. The van der Waals surface area contributed by atoms with Crippen molar-refractivity contribution in [2.75, 3.05) is 18.1 Å². The van der Waals surface area contributed by atoms with Gasteiger partial charge in [-0.15, -0.1) is 0 Å². The van der Waals surface area contributed by atoms with Crippen LogP contribution in [0, 0.1) is 6.92 Å². The Morgan fingerprint density at radius 3 is 2.60 bits per heavy atom. The van der Waals surface area contributed by atoms with E-state index >= 15 is 0 Å². The van der Waals surface area contributed by atoms with E-state index in [1.807, 2.05) is 25.1 Å². The maximum Gasteiger partial charge on any atom is 0.251 e. The number of amides is 1. The molecule has 1 amide bonds. The zero-order valence-electron chi connectivity index (χ0n) is 11.3. The number of rotatable bonds is 3. The molecule has 5 heteroatoms. The van der Waals surface area contributed by atoms with E-state index in [2.05, 4.69) is 10.6 Å². The van der Waals surface area contributed by atoms with Crippen LogP contribution in [0.25, 0.3) is 0 Å². The van der Waals surface area contributed by atoms with E-state index in [0.717, 1.165) is 16.9 Å². The number of benzene rings is 2. The molecule has 0 aromatic heterocycles. The number of nitrogens with two attached hydrogens (primary N) is 1. The molecule has 0 spiro atoms. The van der Waals surface area contributed by atoms with E-state index in [9.17, 15) is 4.79 Å². The summed E-state index contributed by atoms with van der Waals surface area (Å²) < 4.78 is 0. The number of hydrogen-bond acceptors (Lipinski definition) is 3. The Morgan fingerprint density at radius 2 is 1.95 bits per heavy atom. The van der Waals surface area contributed by atoms with Crippen molar-refractivity contribution in [3.8, 4) is 0 Å². The van der Waals surface area contributed by atoms with Crippen molar-refractivity contribution in [3.05, 3.63) is 52.5 Å². The predicted octanol–water partition coefficient (Wildman–Crippen LogP) is 3.33. The lowest BCUT2D eigenvalue weighted by atomic mass is 10.1. The highest BCUT2D eigenvalue weighted by Crippen LogP contribution is 2.29. The lowest BCUT2D eigenvalue weighted by Gasteiger charge is -2.13. The Kier molecular flexibility index (Phi) is 4.15. The molecule has 0 saturated carbocycles. The third kappa shape index (κ3) is 2.86. The second-order valence-corrected chi connectivity index (χ2v) is 4.83. The molecular formula is C15H16ClN3O. The van der Waals surface area contributed by atoms with Crippen molar-refractivity contribution < 1.29 is 4.79 Å². The molecule has 2 aromatic carbocycles. The van der Waals surface area contributed by atoms with Gasteiger partial charge in [-0.05, 0) is 42.8 Å². The molecular weight excluding hydrogens is 274 g/mol. The predicted molar refractivity (Wildman–Crippen MR) is 83.7 cm³/mol. The fourth-order valence-electron chi connectivity index (χ4n) is 1.85. The number of anilines is 3. The van der Waals surface area contributed by atoms with Crippen molar-refractivity contribution in [2.24, 2.45) is 0 Å². The SMILES string of the molecule is CNC(=O)c1ccc(Nc2cccc(Cl)c2C)c(N)c1. The van der Waals surface area contributed by atoms with Crippen molar-refractivity contribution in [3.63, 3.8) is 0 Å². The van der Waals surface area contributed by atoms with Crippen LogP contribution >= 0.6 is 11.6 Å². The maximum atomic E-state index is 11.5. The van der Waals surface area contributed by atoms with Crippen LogP contribution in [-0.2, 0) is 0 Å². The first kappa shape index (κ1) is 14.2. The summed E-state index contributed by atoms with van der Waals surface area (Å²) >= 11 is 6.08. The lowest BCUT2D eigenvalue weighted by molar-refractivity contribution is 0.0963. The van der Waals surface area contributed by atoms with Gasteiger partial charge < -0.3 is 16.4 Å². The van der Waals surface area contributed by atoms with E-state index in [-0.39, 0.29) is 5.91 Å². The molecule has 0 aliphatic rings. The smallest absolute Gasteiger partial charge is 0.251 e. The van der Waals surface area contributed by atoms with Crippen LogP contribution in [0.5, 0.6) is 0 Å².